The van der Waals surface area contributed by atoms with E-state index in [0.717, 1.165) is 39.1 Å². The van der Waals surface area contributed by atoms with Crippen LogP contribution in [0.4, 0.5) is 5.69 Å². The highest BCUT2D eigenvalue weighted by atomic mass is 16.5. The number of nitrogens with two attached hydrogens (primary N) is 1. The minimum atomic E-state index is -0.516. The highest BCUT2D eigenvalue weighted by Gasteiger charge is 2.51. The molecule has 0 aromatic heterocycles. The van der Waals surface area contributed by atoms with Gasteiger partial charge in [-0.25, -0.2) is 0 Å². The van der Waals surface area contributed by atoms with Crippen molar-refractivity contribution in [1.82, 2.24) is 0 Å². The van der Waals surface area contributed by atoms with Gasteiger partial charge in [0, 0.05) is 27.6 Å². The van der Waals surface area contributed by atoms with Crippen molar-refractivity contribution in [2.24, 2.45) is 0 Å². The van der Waals surface area contributed by atoms with E-state index in [0.29, 0.717) is 0 Å². The number of nitrogen functional groups attached to an aromatic ring is 1. The first-order valence-electron chi connectivity index (χ1n) is 12.0. The topological polar surface area (TPSA) is 35.2 Å². The van der Waals surface area contributed by atoms with Crippen LogP contribution in [0, 0.1) is 0 Å². The Labute approximate surface area is 203 Å². The molecule has 2 N–H and O–H groups in total. The molecule has 35 heavy (non-hydrogen) atoms. The van der Waals surface area contributed by atoms with Crippen LogP contribution in [0.1, 0.15) is 22.3 Å². The summed E-state index contributed by atoms with van der Waals surface area (Å²) in [4.78, 5) is 0. The van der Waals surface area contributed by atoms with Crippen LogP contribution in [0.15, 0.2) is 115 Å². The van der Waals surface area contributed by atoms with Gasteiger partial charge in [-0.1, -0.05) is 103 Å². The van der Waals surface area contributed by atoms with E-state index in [2.05, 4.69) is 109 Å². The van der Waals surface area contributed by atoms with Gasteiger partial charge < -0.3 is 10.5 Å². The van der Waals surface area contributed by atoms with E-state index in [4.69, 9.17) is 10.5 Å². The van der Waals surface area contributed by atoms with Gasteiger partial charge in [0.2, 0.25) is 0 Å². The first-order chi connectivity index (χ1) is 17.3. The highest BCUT2D eigenvalue weighted by molar-refractivity contribution is 5.99. The zero-order valence-electron chi connectivity index (χ0n) is 19.0. The Hall–Kier alpha value is -4.56. The van der Waals surface area contributed by atoms with Crippen LogP contribution in [0.3, 0.4) is 0 Å². The normalized spacial score (nSPS) is 14.3. The number of fused-ring (bicyclic) bond motifs is 13. The van der Waals surface area contributed by atoms with Crippen LogP contribution in [-0.4, -0.2) is 0 Å². The summed E-state index contributed by atoms with van der Waals surface area (Å²) in [6.07, 6.45) is 0. The lowest BCUT2D eigenvalue weighted by atomic mass is 9.65. The molecule has 0 fully saturated rings. The summed E-state index contributed by atoms with van der Waals surface area (Å²) in [7, 11) is 0. The molecule has 2 nitrogen and oxygen atoms in total. The maximum Gasteiger partial charge on any atom is 0.140 e. The summed E-state index contributed by atoms with van der Waals surface area (Å²) < 4.78 is 6.92. The molecule has 1 heterocycles. The van der Waals surface area contributed by atoms with Crippen LogP contribution in [0.2, 0.25) is 0 Å². The van der Waals surface area contributed by atoms with Crippen molar-refractivity contribution in [1.29, 1.82) is 0 Å². The second kappa shape index (κ2) is 6.52. The minimum Gasteiger partial charge on any atom is -0.455 e. The first kappa shape index (κ1) is 18.8. The van der Waals surface area contributed by atoms with Crippen molar-refractivity contribution in [2.45, 2.75) is 5.41 Å². The van der Waals surface area contributed by atoms with Crippen molar-refractivity contribution < 1.29 is 4.74 Å². The minimum absolute atomic E-state index is 0.516. The van der Waals surface area contributed by atoms with Gasteiger partial charge in [-0.2, -0.15) is 0 Å². The van der Waals surface area contributed by atoms with E-state index in [1.165, 1.54) is 33.0 Å². The third-order valence-electron chi connectivity index (χ3n) is 7.84. The van der Waals surface area contributed by atoms with Gasteiger partial charge in [0.15, 0.2) is 0 Å². The quantitative estimate of drug-likeness (QED) is 0.239. The van der Waals surface area contributed by atoms with Gasteiger partial charge in [-0.05, 0) is 45.2 Å². The van der Waals surface area contributed by atoms with Crippen LogP contribution in [-0.2, 0) is 5.41 Å². The van der Waals surface area contributed by atoms with Crippen molar-refractivity contribution in [3.63, 3.8) is 0 Å². The molecule has 0 radical (unpaired) electrons. The van der Waals surface area contributed by atoms with Gasteiger partial charge in [0.1, 0.15) is 11.5 Å². The predicted molar refractivity (Wildman–Crippen MR) is 143 cm³/mol. The standard InChI is InChI=1S/C33H21NO/c34-22-15-16-26-25-11-5-6-12-27(25)33(30(26)19-22)28-17-13-20-7-1-3-9-23(20)31(28)35-32-24-10-4-2-8-21(24)14-18-29(32)33/h1-19H,34H2. The van der Waals surface area contributed by atoms with Crippen molar-refractivity contribution in [3.8, 4) is 22.6 Å². The average molecular weight is 448 g/mol. The molecule has 2 heteroatoms. The Morgan fingerprint density at radius 1 is 0.486 bits per heavy atom. The van der Waals surface area contributed by atoms with Gasteiger partial charge in [-0.3, -0.25) is 0 Å². The fourth-order valence-electron chi connectivity index (χ4n) is 6.42. The molecule has 8 rings (SSSR count). The van der Waals surface area contributed by atoms with Gasteiger partial charge in [-0.15, -0.1) is 0 Å². The van der Waals surface area contributed by atoms with Crippen molar-refractivity contribution in [3.05, 3.63) is 138 Å². The van der Waals surface area contributed by atoms with Crippen LogP contribution < -0.4 is 10.5 Å². The predicted octanol–water partition coefficient (Wildman–Crippen LogP) is 8.04. The number of anilines is 1. The SMILES string of the molecule is Nc1ccc2c(c1)C1(c3ccccc3-2)c2ccc3ccccc3c2Oc2c1ccc1ccccc21. The van der Waals surface area contributed by atoms with Crippen LogP contribution in [0.5, 0.6) is 11.5 Å². The first-order valence-corrected chi connectivity index (χ1v) is 12.0. The Bertz CT molecular complexity index is 1760. The lowest BCUT2D eigenvalue weighted by Crippen LogP contribution is -2.32. The van der Waals surface area contributed by atoms with E-state index >= 15 is 0 Å². The Morgan fingerprint density at radius 2 is 1.06 bits per heavy atom. The lowest BCUT2D eigenvalue weighted by Gasteiger charge is -2.40. The van der Waals surface area contributed by atoms with E-state index < -0.39 is 5.41 Å². The molecule has 0 saturated carbocycles. The number of benzene rings is 6. The van der Waals surface area contributed by atoms with Gasteiger partial charge >= 0.3 is 0 Å². The van der Waals surface area contributed by atoms with E-state index in [-0.39, 0.29) is 0 Å². The fourth-order valence-corrected chi connectivity index (χ4v) is 6.42. The largest absolute Gasteiger partial charge is 0.455 e. The smallest absolute Gasteiger partial charge is 0.140 e. The maximum atomic E-state index is 6.92. The molecule has 0 atom stereocenters. The summed E-state index contributed by atoms with van der Waals surface area (Å²) in [5, 5.41) is 4.59. The average Bonchev–Trinajstić information content (AvgIpc) is 3.19. The molecular weight excluding hydrogens is 426 g/mol. The molecule has 0 amide bonds. The summed E-state index contributed by atoms with van der Waals surface area (Å²) in [6.45, 7) is 0. The number of hydrogen-bond acceptors (Lipinski definition) is 2. The Balaban J connectivity index is 1.64. The van der Waals surface area contributed by atoms with Crippen LogP contribution >= 0.6 is 0 Å². The van der Waals surface area contributed by atoms with E-state index in [1.807, 2.05) is 6.07 Å². The zero-order chi connectivity index (χ0) is 23.1. The van der Waals surface area contributed by atoms with Gasteiger partial charge in [0.25, 0.3) is 0 Å². The summed E-state index contributed by atoms with van der Waals surface area (Å²) >= 11 is 0. The molecule has 0 saturated heterocycles. The third-order valence-corrected chi connectivity index (χ3v) is 7.84. The molecule has 0 unspecified atom stereocenters. The summed E-state index contributed by atoms with van der Waals surface area (Å²) in [6, 6.07) is 41.1. The molecule has 0 bridgehead atoms. The number of hydrogen-bond donors (Lipinski definition) is 1. The van der Waals surface area contributed by atoms with E-state index in [9.17, 15) is 0 Å². The Kier molecular flexibility index (Phi) is 3.51. The van der Waals surface area contributed by atoms with Crippen molar-refractivity contribution >= 4 is 27.2 Å². The second-order valence-electron chi connectivity index (χ2n) is 9.53. The van der Waals surface area contributed by atoms with E-state index in [1.54, 1.807) is 0 Å². The second-order valence-corrected chi connectivity index (χ2v) is 9.53. The molecule has 6 aromatic rings. The molecule has 1 aliphatic heterocycles. The molecular formula is C33H21NO. The van der Waals surface area contributed by atoms with Gasteiger partial charge in [0.05, 0.1) is 5.41 Å². The molecule has 164 valence electrons. The zero-order valence-corrected chi connectivity index (χ0v) is 19.0. The monoisotopic (exact) mass is 447 g/mol. The molecule has 1 spiro atoms. The molecule has 6 aromatic carbocycles. The molecule has 1 aliphatic carbocycles. The summed E-state index contributed by atoms with van der Waals surface area (Å²) in [5.74, 6) is 1.86. The summed E-state index contributed by atoms with van der Waals surface area (Å²) in [5.41, 5.74) is 14.0. The molecule has 2 aliphatic rings. The van der Waals surface area contributed by atoms with Crippen LogP contribution in [0.25, 0.3) is 32.7 Å². The fraction of sp³-hybridized carbons (Fsp3) is 0.0303. The van der Waals surface area contributed by atoms with Crippen molar-refractivity contribution in [2.75, 3.05) is 5.73 Å². The number of rotatable bonds is 0. The Morgan fingerprint density at radius 3 is 1.74 bits per heavy atom. The number of ether oxygens (including phenoxy) is 1. The third kappa shape index (κ3) is 2.24. The lowest BCUT2D eigenvalue weighted by molar-refractivity contribution is 0.447. The maximum absolute atomic E-state index is 6.92. The highest BCUT2D eigenvalue weighted by Crippen LogP contribution is 2.63.